The summed E-state index contributed by atoms with van der Waals surface area (Å²) in [7, 11) is 0. The first-order valence-electron chi connectivity index (χ1n) is 12.8. The average Bonchev–Trinajstić information content (AvgIpc) is 3.04. The van der Waals surface area contributed by atoms with Gasteiger partial charge in [0.2, 0.25) is 0 Å². The predicted molar refractivity (Wildman–Crippen MR) is 134 cm³/mol. The smallest absolute Gasteiger partial charge is 0.0412 e. The molecule has 2 saturated carbocycles. The third-order valence-corrected chi connectivity index (χ3v) is 8.96. The fourth-order valence-electron chi connectivity index (χ4n) is 7.57. The van der Waals surface area contributed by atoms with Gasteiger partial charge in [-0.25, -0.2) is 0 Å². The zero-order valence-corrected chi connectivity index (χ0v) is 20.7. The maximum Gasteiger partial charge on any atom is 0.0412 e. The Balaban J connectivity index is 1.88. The molecule has 2 aromatic rings. The number of rotatable bonds is 2. The minimum atomic E-state index is 0.135. The number of fused-ring (bicyclic) bond motifs is 3. The van der Waals surface area contributed by atoms with Gasteiger partial charge in [0.05, 0.1) is 0 Å². The minimum Gasteiger partial charge on any atom is -0.0843 e. The Morgan fingerprint density at radius 1 is 0.774 bits per heavy atom. The van der Waals surface area contributed by atoms with Crippen LogP contribution in [-0.2, 0) is 10.8 Å². The monoisotopic (exact) mass is 434 g/mol. The molecule has 5 rings (SSSR count). The van der Waals surface area contributed by atoms with E-state index < -0.39 is 0 Å². The van der Waals surface area contributed by atoms with Gasteiger partial charge in [0.15, 0.2) is 0 Å². The van der Waals surface area contributed by atoms with E-state index in [0.717, 1.165) is 16.9 Å². The molecule has 166 valence electrons. The Bertz CT molecular complexity index is 947. The molecule has 0 heterocycles. The van der Waals surface area contributed by atoms with Gasteiger partial charge in [0.25, 0.3) is 0 Å². The van der Waals surface area contributed by atoms with Gasteiger partial charge in [-0.1, -0.05) is 94.7 Å². The standard InChI is InChI=1S/C30H39Cl/c1-20-17-25-24-19-23(31)15-16-26(24)30(21-11-7-5-8-12-21,22-13-9-6-10-14-22)28(25)27(18-20)29(2,3)4/h15-19,21-22H,5-14H2,1-4H3. The number of halogens is 1. The molecule has 0 spiro atoms. The van der Waals surface area contributed by atoms with Crippen LogP contribution in [0, 0.1) is 18.8 Å². The molecule has 2 aromatic carbocycles. The molecule has 3 aliphatic rings. The zero-order valence-electron chi connectivity index (χ0n) is 20.0. The van der Waals surface area contributed by atoms with Crippen molar-refractivity contribution in [3.8, 4) is 11.1 Å². The van der Waals surface area contributed by atoms with Crippen LogP contribution >= 0.6 is 11.6 Å². The second-order valence-corrected chi connectivity index (χ2v) is 12.2. The van der Waals surface area contributed by atoms with E-state index in [-0.39, 0.29) is 10.8 Å². The Morgan fingerprint density at radius 2 is 1.35 bits per heavy atom. The van der Waals surface area contributed by atoms with E-state index in [2.05, 4.69) is 58.0 Å². The third kappa shape index (κ3) is 3.40. The molecular weight excluding hydrogens is 396 g/mol. The van der Waals surface area contributed by atoms with E-state index in [0.29, 0.717) is 0 Å². The molecule has 0 atom stereocenters. The third-order valence-electron chi connectivity index (χ3n) is 8.72. The highest BCUT2D eigenvalue weighted by atomic mass is 35.5. The van der Waals surface area contributed by atoms with Crippen molar-refractivity contribution < 1.29 is 0 Å². The SMILES string of the molecule is Cc1cc2c(c(C(C)(C)C)c1)C(C1CCCCC1)(C1CCCCC1)c1ccc(Cl)cc1-2. The van der Waals surface area contributed by atoms with Crippen LogP contribution < -0.4 is 0 Å². The highest BCUT2D eigenvalue weighted by Crippen LogP contribution is 2.63. The van der Waals surface area contributed by atoms with Crippen molar-refractivity contribution in [1.29, 1.82) is 0 Å². The summed E-state index contributed by atoms with van der Waals surface area (Å²) >= 11 is 6.62. The van der Waals surface area contributed by atoms with Crippen LogP contribution in [0.25, 0.3) is 11.1 Å². The van der Waals surface area contributed by atoms with Crippen LogP contribution in [0.4, 0.5) is 0 Å². The summed E-state index contributed by atoms with van der Waals surface area (Å²) in [6.45, 7) is 9.54. The van der Waals surface area contributed by atoms with E-state index in [1.54, 1.807) is 16.7 Å². The summed E-state index contributed by atoms with van der Waals surface area (Å²) < 4.78 is 0. The Labute approximate surface area is 194 Å². The highest BCUT2D eigenvalue weighted by molar-refractivity contribution is 6.31. The molecule has 0 aliphatic heterocycles. The number of hydrogen-bond acceptors (Lipinski definition) is 0. The molecular formula is C30H39Cl. The molecule has 0 N–H and O–H groups in total. The topological polar surface area (TPSA) is 0 Å². The molecule has 3 aliphatic carbocycles. The maximum atomic E-state index is 6.62. The molecule has 2 fully saturated rings. The fraction of sp³-hybridized carbons (Fsp3) is 0.600. The molecule has 0 saturated heterocycles. The van der Waals surface area contributed by atoms with Crippen LogP contribution in [0.15, 0.2) is 30.3 Å². The van der Waals surface area contributed by atoms with Crippen molar-refractivity contribution >= 4 is 11.6 Å². The van der Waals surface area contributed by atoms with Gasteiger partial charge in [-0.05, 0) is 89.8 Å². The first kappa shape index (κ1) is 21.6. The zero-order chi connectivity index (χ0) is 21.8. The van der Waals surface area contributed by atoms with Crippen molar-refractivity contribution in [2.75, 3.05) is 0 Å². The second-order valence-electron chi connectivity index (χ2n) is 11.7. The van der Waals surface area contributed by atoms with Gasteiger partial charge in [0.1, 0.15) is 0 Å². The van der Waals surface area contributed by atoms with Crippen molar-refractivity contribution in [3.05, 3.63) is 57.6 Å². The normalized spacial score (nSPS) is 21.7. The minimum absolute atomic E-state index is 0.135. The quantitative estimate of drug-likeness (QED) is 0.441. The molecule has 0 nitrogen and oxygen atoms in total. The molecule has 0 unspecified atom stereocenters. The predicted octanol–water partition coefficient (Wildman–Crippen LogP) is 9.37. The number of benzene rings is 2. The van der Waals surface area contributed by atoms with Gasteiger partial charge in [-0.2, -0.15) is 0 Å². The Morgan fingerprint density at radius 3 is 1.90 bits per heavy atom. The lowest BCUT2D eigenvalue weighted by Crippen LogP contribution is -2.45. The molecule has 1 heteroatoms. The fourth-order valence-corrected chi connectivity index (χ4v) is 7.74. The first-order chi connectivity index (χ1) is 14.8. The molecule has 0 aromatic heterocycles. The van der Waals surface area contributed by atoms with Crippen molar-refractivity contribution in [2.24, 2.45) is 11.8 Å². The highest BCUT2D eigenvalue weighted by Gasteiger charge is 2.54. The van der Waals surface area contributed by atoms with Crippen LogP contribution in [0.2, 0.25) is 5.02 Å². The van der Waals surface area contributed by atoms with E-state index in [1.807, 2.05) is 0 Å². The van der Waals surface area contributed by atoms with E-state index in [9.17, 15) is 0 Å². The maximum absolute atomic E-state index is 6.62. The molecule has 0 bridgehead atoms. The number of aryl methyl sites for hydroxylation is 1. The lowest BCUT2D eigenvalue weighted by Gasteiger charge is -2.50. The van der Waals surface area contributed by atoms with Gasteiger partial charge in [0, 0.05) is 10.4 Å². The largest absolute Gasteiger partial charge is 0.0843 e. The molecule has 0 radical (unpaired) electrons. The molecule has 0 amide bonds. The van der Waals surface area contributed by atoms with Crippen molar-refractivity contribution in [1.82, 2.24) is 0 Å². The Kier molecular flexibility index (Phi) is 5.53. The summed E-state index contributed by atoms with van der Waals surface area (Å²) in [4.78, 5) is 0. The van der Waals surface area contributed by atoms with Crippen LogP contribution in [-0.4, -0.2) is 0 Å². The lowest BCUT2D eigenvalue weighted by molar-refractivity contribution is 0.136. The Hall–Kier alpha value is -1.27. The van der Waals surface area contributed by atoms with E-state index in [4.69, 9.17) is 11.6 Å². The average molecular weight is 435 g/mol. The van der Waals surface area contributed by atoms with Gasteiger partial charge in [-0.15, -0.1) is 0 Å². The summed E-state index contributed by atoms with van der Waals surface area (Å²) in [5.41, 5.74) is 9.53. The van der Waals surface area contributed by atoms with Crippen molar-refractivity contribution in [2.45, 2.75) is 103 Å². The van der Waals surface area contributed by atoms with Gasteiger partial charge in [-0.3, -0.25) is 0 Å². The summed E-state index contributed by atoms with van der Waals surface area (Å²) in [5.74, 6) is 1.52. The summed E-state index contributed by atoms with van der Waals surface area (Å²) in [5, 5.41) is 0.881. The van der Waals surface area contributed by atoms with Gasteiger partial charge < -0.3 is 0 Å². The summed E-state index contributed by atoms with van der Waals surface area (Å²) in [6.07, 6.45) is 14.0. The van der Waals surface area contributed by atoms with E-state index >= 15 is 0 Å². The van der Waals surface area contributed by atoms with Gasteiger partial charge >= 0.3 is 0 Å². The van der Waals surface area contributed by atoms with Crippen LogP contribution in [0.1, 0.15) is 107 Å². The summed E-state index contributed by atoms with van der Waals surface area (Å²) in [6, 6.07) is 11.9. The van der Waals surface area contributed by atoms with Crippen LogP contribution in [0.5, 0.6) is 0 Å². The van der Waals surface area contributed by atoms with Crippen molar-refractivity contribution in [3.63, 3.8) is 0 Å². The van der Waals surface area contributed by atoms with Crippen LogP contribution in [0.3, 0.4) is 0 Å². The lowest BCUT2D eigenvalue weighted by atomic mass is 9.53. The first-order valence-corrected chi connectivity index (χ1v) is 13.2. The number of hydrogen-bond donors (Lipinski definition) is 0. The van der Waals surface area contributed by atoms with E-state index in [1.165, 1.54) is 80.9 Å². The molecule has 31 heavy (non-hydrogen) atoms. The second kappa shape index (κ2) is 7.95.